The van der Waals surface area contributed by atoms with Crippen molar-refractivity contribution in [2.24, 2.45) is 0 Å². The molecule has 0 aliphatic heterocycles. The molecule has 0 spiro atoms. The molecule has 2 aromatic carbocycles. The Balaban J connectivity index is 1.99. The van der Waals surface area contributed by atoms with Crippen molar-refractivity contribution in [2.75, 3.05) is 44.1 Å². The van der Waals surface area contributed by atoms with E-state index in [0.717, 1.165) is 0 Å². The molecule has 0 atom stereocenters. The van der Waals surface area contributed by atoms with Crippen molar-refractivity contribution in [1.29, 1.82) is 5.26 Å². The molecular weight excluding hydrogens is 476 g/mol. The molecule has 0 saturated carbocycles. The van der Waals surface area contributed by atoms with Gasteiger partial charge >= 0.3 is 0 Å². The quantitative estimate of drug-likeness (QED) is 0.361. The van der Waals surface area contributed by atoms with Crippen LogP contribution in [-0.2, 0) is 4.79 Å². The van der Waals surface area contributed by atoms with E-state index in [1.165, 1.54) is 30.5 Å². The van der Waals surface area contributed by atoms with Gasteiger partial charge in [0.1, 0.15) is 24.3 Å². The third-order valence-corrected chi connectivity index (χ3v) is 5.28. The number of nitriles is 1. The summed E-state index contributed by atoms with van der Waals surface area (Å²) in [4.78, 5) is 18.6. The average molecular weight is 500 g/mol. The van der Waals surface area contributed by atoms with Crippen LogP contribution in [0.2, 0.25) is 5.02 Å². The fraction of sp³-hybridized carbons (Fsp3) is 0.240. The fourth-order valence-corrected chi connectivity index (χ4v) is 3.46. The van der Waals surface area contributed by atoms with Crippen molar-refractivity contribution in [3.05, 3.63) is 65.1 Å². The number of nitrogens with zero attached hydrogens (tertiary/aromatic N) is 3. The third kappa shape index (κ3) is 6.66. The Labute approximate surface area is 207 Å². The minimum atomic E-state index is -0.562. The van der Waals surface area contributed by atoms with Crippen molar-refractivity contribution in [2.45, 2.75) is 6.92 Å². The number of benzene rings is 2. The maximum Gasteiger partial charge on any atom is 0.248 e. The lowest BCUT2D eigenvalue weighted by Crippen LogP contribution is -2.21. The Morgan fingerprint density at radius 2 is 2.14 bits per heavy atom. The van der Waals surface area contributed by atoms with Gasteiger partial charge in [0.2, 0.25) is 5.91 Å². The Morgan fingerprint density at radius 3 is 2.83 bits per heavy atom. The van der Waals surface area contributed by atoms with Gasteiger partial charge in [-0.05, 0) is 38.2 Å². The number of alkyl halides is 1. The number of carbonyl (C=O) groups excluding carboxylic acids is 1. The van der Waals surface area contributed by atoms with E-state index in [1.54, 1.807) is 30.2 Å². The number of hydrogen-bond donors (Lipinski definition) is 2. The highest BCUT2D eigenvalue weighted by atomic mass is 35.5. The lowest BCUT2D eigenvalue weighted by atomic mass is 10.1. The summed E-state index contributed by atoms with van der Waals surface area (Å²) in [6, 6.07) is 9.53. The Kier molecular flexibility index (Phi) is 8.95. The van der Waals surface area contributed by atoms with Crippen molar-refractivity contribution < 1.29 is 18.3 Å². The number of halogens is 3. The molecule has 0 aliphatic rings. The molecule has 0 bridgehead atoms. The van der Waals surface area contributed by atoms with Gasteiger partial charge < -0.3 is 20.3 Å². The summed E-state index contributed by atoms with van der Waals surface area (Å²) in [6.45, 7) is 2.39. The monoisotopic (exact) mass is 499 g/mol. The number of rotatable bonds is 10. The van der Waals surface area contributed by atoms with Gasteiger partial charge in [-0.2, -0.15) is 5.26 Å². The van der Waals surface area contributed by atoms with Crippen LogP contribution >= 0.6 is 11.6 Å². The summed E-state index contributed by atoms with van der Waals surface area (Å²) in [7, 11) is 1.75. The molecule has 1 aromatic heterocycles. The average Bonchev–Trinajstić information content (AvgIpc) is 2.82. The van der Waals surface area contributed by atoms with E-state index in [0.29, 0.717) is 46.9 Å². The van der Waals surface area contributed by atoms with Crippen molar-refractivity contribution in [3.8, 4) is 11.8 Å². The summed E-state index contributed by atoms with van der Waals surface area (Å²) >= 11 is 5.90. The van der Waals surface area contributed by atoms with Crippen LogP contribution < -0.4 is 15.4 Å². The number of likely N-dealkylation sites (N-methyl/N-ethyl adjacent to an activating group) is 1. The first-order chi connectivity index (χ1) is 16.9. The largest absolute Gasteiger partial charge is 0.492 e. The van der Waals surface area contributed by atoms with E-state index in [9.17, 15) is 18.8 Å². The predicted octanol–water partition coefficient (Wildman–Crippen LogP) is 5.44. The predicted molar refractivity (Wildman–Crippen MR) is 134 cm³/mol. The van der Waals surface area contributed by atoms with Crippen LogP contribution in [-0.4, -0.2) is 49.2 Å². The van der Waals surface area contributed by atoms with E-state index in [1.807, 2.05) is 6.92 Å². The number of pyridine rings is 1. The number of amides is 1. The first-order valence-electron chi connectivity index (χ1n) is 10.8. The normalized spacial score (nSPS) is 11.1. The molecule has 3 aromatic rings. The highest BCUT2D eigenvalue weighted by molar-refractivity contribution is 6.31. The van der Waals surface area contributed by atoms with Gasteiger partial charge in [-0.1, -0.05) is 17.7 Å². The second-order valence-corrected chi connectivity index (χ2v) is 7.96. The van der Waals surface area contributed by atoms with E-state index >= 15 is 0 Å². The van der Waals surface area contributed by atoms with Crippen LogP contribution in [0.1, 0.15) is 12.5 Å². The number of anilines is 3. The van der Waals surface area contributed by atoms with Crippen LogP contribution in [0.4, 0.5) is 25.8 Å². The standard InChI is InChI=1S/C25H24ClF2N5O2/c1-3-35-23-13-21-18(12-22(23)32-24(34)5-4-9-33(2)10-8-27)25(16(14-29)15-30-21)31-17-6-7-20(28)19(26)11-17/h4-7,11-13,15H,3,8-10H2,1-2H3,(H,30,31)(H,32,34)/b5-4+. The summed E-state index contributed by atoms with van der Waals surface area (Å²) in [6.07, 6.45) is 4.41. The highest BCUT2D eigenvalue weighted by Crippen LogP contribution is 2.36. The third-order valence-electron chi connectivity index (χ3n) is 4.99. The van der Waals surface area contributed by atoms with Gasteiger partial charge in [-0.3, -0.25) is 9.78 Å². The highest BCUT2D eigenvalue weighted by Gasteiger charge is 2.15. The van der Waals surface area contributed by atoms with Crippen LogP contribution in [0, 0.1) is 17.1 Å². The molecule has 0 aliphatic carbocycles. The molecular formula is C25H24ClF2N5O2. The molecule has 1 heterocycles. The SMILES string of the molecule is CCOc1cc2ncc(C#N)c(Nc3ccc(F)c(Cl)c3)c2cc1NC(=O)/C=C/CN(C)CCF. The zero-order valence-corrected chi connectivity index (χ0v) is 20.0. The molecule has 35 heavy (non-hydrogen) atoms. The first kappa shape index (κ1) is 25.9. The van der Waals surface area contributed by atoms with Crippen molar-refractivity contribution >= 4 is 45.5 Å². The minimum Gasteiger partial charge on any atom is -0.492 e. The number of aromatic nitrogens is 1. The molecule has 0 unspecified atom stereocenters. The Bertz CT molecular complexity index is 1290. The van der Waals surface area contributed by atoms with Gasteiger partial charge in [0.05, 0.1) is 34.1 Å². The van der Waals surface area contributed by atoms with E-state index in [2.05, 4.69) is 21.7 Å². The molecule has 7 nitrogen and oxygen atoms in total. The van der Waals surface area contributed by atoms with Gasteiger partial charge in [0.15, 0.2) is 0 Å². The molecule has 10 heteroatoms. The smallest absolute Gasteiger partial charge is 0.248 e. The zero-order valence-electron chi connectivity index (χ0n) is 19.2. The zero-order chi connectivity index (χ0) is 25.4. The van der Waals surface area contributed by atoms with E-state index in [4.69, 9.17) is 16.3 Å². The second kappa shape index (κ2) is 12.1. The van der Waals surface area contributed by atoms with E-state index < -0.39 is 18.4 Å². The maximum absolute atomic E-state index is 13.6. The van der Waals surface area contributed by atoms with Crippen molar-refractivity contribution in [3.63, 3.8) is 0 Å². The lowest BCUT2D eigenvalue weighted by Gasteiger charge is -2.16. The lowest BCUT2D eigenvalue weighted by molar-refractivity contribution is -0.111. The minimum absolute atomic E-state index is 0.0672. The number of hydrogen-bond acceptors (Lipinski definition) is 6. The Hall–Kier alpha value is -3.74. The fourth-order valence-electron chi connectivity index (χ4n) is 3.28. The number of ether oxygens (including phenoxy) is 1. The van der Waals surface area contributed by atoms with E-state index in [-0.39, 0.29) is 17.1 Å². The molecule has 3 rings (SSSR count). The summed E-state index contributed by atoms with van der Waals surface area (Å²) in [5.74, 6) is -0.555. The summed E-state index contributed by atoms with van der Waals surface area (Å²) in [5, 5.41) is 16.0. The topological polar surface area (TPSA) is 90.3 Å². The molecule has 2 N–H and O–H groups in total. The second-order valence-electron chi connectivity index (χ2n) is 7.55. The first-order valence-corrected chi connectivity index (χ1v) is 11.2. The maximum atomic E-state index is 13.6. The van der Waals surface area contributed by atoms with Crippen LogP contribution in [0.5, 0.6) is 5.75 Å². The van der Waals surface area contributed by atoms with Crippen LogP contribution in [0.25, 0.3) is 10.9 Å². The summed E-state index contributed by atoms with van der Waals surface area (Å²) < 4.78 is 31.7. The molecule has 0 saturated heterocycles. The van der Waals surface area contributed by atoms with Gasteiger partial charge in [0, 0.05) is 42.5 Å². The van der Waals surface area contributed by atoms with Crippen LogP contribution in [0.3, 0.4) is 0 Å². The molecule has 182 valence electrons. The number of fused-ring (bicyclic) bond motifs is 1. The van der Waals surface area contributed by atoms with Crippen molar-refractivity contribution in [1.82, 2.24) is 9.88 Å². The molecule has 0 fully saturated rings. The number of carbonyl (C=O) groups is 1. The number of nitrogens with one attached hydrogen (secondary N) is 2. The Morgan fingerprint density at radius 1 is 1.34 bits per heavy atom. The van der Waals surface area contributed by atoms with Gasteiger partial charge in [-0.15, -0.1) is 0 Å². The molecule has 1 amide bonds. The summed E-state index contributed by atoms with van der Waals surface area (Å²) in [5.41, 5.74) is 2.03. The molecule has 0 radical (unpaired) electrons. The van der Waals surface area contributed by atoms with Gasteiger partial charge in [0.25, 0.3) is 0 Å². The van der Waals surface area contributed by atoms with Gasteiger partial charge in [-0.25, -0.2) is 8.78 Å². The van der Waals surface area contributed by atoms with Crippen LogP contribution in [0.15, 0.2) is 48.7 Å².